The quantitative estimate of drug-likeness (QED) is 0.512. The minimum absolute atomic E-state index is 0.00101. The topological polar surface area (TPSA) is 0 Å². The van der Waals surface area contributed by atoms with E-state index in [9.17, 15) is 0 Å². The number of hydrogen-bond donors (Lipinski definition) is 0. The minimum Gasteiger partial charge on any atom is -0.0990 e. The van der Waals surface area contributed by atoms with Gasteiger partial charge in [0.1, 0.15) is 0 Å². The minimum atomic E-state index is 0.00101. The Morgan fingerprint density at radius 2 is 1.82 bits per heavy atom. The smallest absolute Gasteiger partial charge is 0.00632 e. The van der Waals surface area contributed by atoms with Crippen LogP contribution in [0.5, 0.6) is 0 Å². The average molecular weight is 292 g/mol. The molecule has 0 unspecified atom stereocenters. The third-order valence-corrected chi connectivity index (χ3v) is 4.89. The molecule has 0 radical (unpaired) electrons. The third kappa shape index (κ3) is 3.68. The zero-order valence-electron chi connectivity index (χ0n) is 14.1. The summed E-state index contributed by atoms with van der Waals surface area (Å²) in [4.78, 5) is 0. The molecule has 0 amide bonds. The summed E-state index contributed by atoms with van der Waals surface area (Å²) in [7, 11) is 0. The maximum absolute atomic E-state index is 4.29. The van der Waals surface area contributed by atoms with E-state index in [0.29, 0.717) is 0 Å². The van der Waals surface area contributed by atoms with Crippen molar-refractivity contribution in [1.82, 2.24) is 0 Å². The number of allylic oxidation sites excluding steroid dienone is 5. The van der Waals surface area contributed by atoms with Gasteiger partial charge in [0.05, 0.1) is 0 Å². The molecule has 1 aliphatic carbocycles. The molecule has 22 heavy (non-hydrogen) atoms. The van der Waals surface area contributed by atoms with Crippen LogP contribution in [0.15, 0.2) is 73.4 Å². The number of benzene rings is 1. The van der Waals surface area contributed by atoms with Crippen LogP contribution in [0.2, 0.25) is 0 Å². The highest BCUT2D eigenvalue weighted by molar-refractivity contribution is 5.43. The zero-order chi connectivity index (χ0) is 16.2. The van der Waals surface area contributed by atoms with E-state index in [1.165, 1.54) is 30.4 Å². The summed E-state index contributed by atoms with van der Waals surface area (Å²) in [6.07, 6.45) is 10.7. The van der Waals surface area contributed by atoms with Crippen molar-refractivity contribution in [1.29, 1.82) is 0 Å². The lowest BCUT2D eigenvalue weighted by Gasteiger charge is -2.29. The summed E-state index contributed by atoms with van der Waals surface area (Å²) in [6.45, 7) is 16.4. The fourth-order valence-electron chi connectivity index (χ4n) is 3.08. The molecule has 1 aromatic carbocycles. The Labute approximate surface area is 136 Å². The molecule has 0 aromatic heterocycles. The van der Waals surface area contributed by atoms with Gasteiger partial charge in [0.15, 0.2) is 0 Å². The fourth-order valence-corrected chi connectivity index (χ4v) is 3.08. The van der Waals surface area contributed by atoms with Crippen LogP contribution in [0.4, 0.5) is 0 Å². The van der Waals surface area contributed by atoms with E-state index in [4.69, 9.17) is 0 Å². The van der Waals surface area contributed by atoms with Crippen LogP contribution in [-0.2, 0) is 6.42 Å². The van der Waals surface area contributed by atoms with Gasteiger partial charge in [-0.2, -0.15) is 0 Å². The van der Waals surface area contributed by atoms with Gasteiger partial charge in [0.2, 0.25) is 0 Å². The second-order valence-electron chi connectivity index (χ2n) is 6.97. The molecule has 0 bridgehead atoms. The maximum atomic E-state index is 4.29. The van der Waals surface area contributed by atoms with E-state index in [1.807, 2.05) is 12.2 Å². The fraction of sp³-hybridized carbons (Fsp3) is 0.364. The van der Waals surface area contributed by atoms with Crippen molar-refractivity contribution < 1.29 is 0 Å². The highest BCUT2D eigenvalue weighted by Gasteiger charge is 2.24. The van der Waals surface area contributed by atoms with Gasteiger partial charge >= 0.3 is 0 Å². The Morgan fingerprint density at radius 3 is 2.27 bits per heavy atom. The molecule has 0 heteroatoms. The molecule has 0 N–H and O–H groups in total. The van der Waals surface area contributed by atoms with E-state index in [0.717, 1.165) is 23.5 Å². The maximum Gasteiger partial charge on any atom is -0.00632 e. The first-order valence-electron chi connectivity index (χ1n) is 8.21. The molecule has 0 aliphatic heterocycles. The molecule has 1 saturated carbocycles. The van der Waals surface area contributed by atoms with E-state index in [1.54, 1.807) is 6.08 Å². The lowest BCUT2D eigenvalue weighted by Crippen LogP contribution is -2.18. The first-order chi connectivity index (χ1) is 10.5. The van der Waals surface area contributed by atoms with Gasteiger partial charge in [-0.3, -0.25) is 0 Å². The van der Waals surface area contributed by atoms with Gasteiger partial charge in [-0.15, -0.1) is 0 Å². The van der Waals surface area contributed by atoms with Gasteiger partial charge in [-0.05, 0) is 52.9 Å². The highest BCUT2D eigenvalue weighted by atomic mass is 14.3. The molecule has 1 aromatic rings. The van der Waals surface area contributed by atoms with Crippen molar-refractivity contribution in [2.75, 3.05) is 0 Å². The first-order valence-corrected chi connectivity index (χ1v) is 8.21. The average Bonchev–Trinajstić information content (AvgIpc) is 2.44. The Morgan fingerprint density at radius 1 is 1.18 bits per heavy atom. The summed E-state index contributed by atoms with van der Waals surface area (Å²) in [5.74, 6) is 0.805. The molecule has 0 saturated heterocycles. The molecule has 0 spiro atoms. The molecular weight excluding hydrogens is 264 g/mol. The van der Waals surface area contributed by atoms with Crippen LogP contribution in [-0.4, -0.2) is 0 Å². The molecule has 0 heterocycles. The highest BCUT2D eigenvalue weighted by Crippen LogP contribution is 2.38. The SMILES string of the molecule is C=C/C=C(\C=C)C(=C)C(C)(C)Cc1ccc(C2CCC2)cc1. The van der Waals surface area contributed by atoms with Gasteiger partial charge in [-0.25, -0.2) is 0 Å². The van der Waals surface area contributed by atoms with Crippen molar-refractivity contribution in [2.24, 2.45) is 5.41 Å². The zero-order valence-corrected chi connectivity index (χ0v) is 14.1. The van der Waals surface area contributed by atoms with Crippen LogP contribution < -0.4 is 0 Å². The summed E-state index contributed by atoms with van der Waals surface area (Å²) >= 11 is 0. The summed E-state index contributed by atoms with van der Waals surface area (Å²) in [5, 5.41) is 0. The molecule has 116 valence electrons. The van der Waals surface area contributed by atoms with Crippen LogP contribution >= 0.6 is 0 Å². The Kier molecular flexibility index (Phi) is 5.24. The summed E-state index contributed by atoms with van der Waals surface area (Å²) in [6, 6.07) is 9.19. The van der Waals surface area contributed by atoms with E-state index < -0.39 is 0 Å². The number of rotatable bonds is 7. The van der Waals surface area contributed by atoms with Crippen molar-refractivity contribution >= 4 is 0 Å². The molecule has 1 aliphatic rings. The lowest BCUT2D eigenvalue weighted by atomic mass is 9.75. The summed E-state index contributed by atoms with van der Waals surface area (Å²) < 4.78 is 0. The second kappa shape index (κ2) is 6.96. The second-order valence-corrected chi connectivity index (χ2v) is 6.97. The largest absolute Gasteiger partial charge is 0.0990 e. The van der Waals surface area contributed by atoms with Crippen molar-refractivity contribution in [3.63, 3.8) is 0 Å². The van der Waals surface area contributed by atoms with E-state index in [-0.39, 0.29) is 5.41 Å². The predicted molar refractivity (Wildman–Crippen MR) is 98.1 cm³/mol. The Bertz CT molecular complexity index is 577. The predicted octanol–water partition coefficient (Wildman–Crippen LogP) is 6.38. The van der Waals surface area contributed by atoms with E-state index >= 15 is 0 Å². The van der Waals surface area contributed by atoms with Crippen molar-refractivity contribution in [3.8, 4) is 0 Å². The van der Waals surface area contributed by atoms with Gasteiger partial charge in [0, 0.05) is 0 Å². The van der Waals surface area contributed by atoms with Crippen molar-refractivity contribution in [2.45, 2.75) is 45.4 Å². The first kappa shape index (κ1) is 16.5. The van der Waals surface area contributed by atoms with Gasteiger partial charge in [0.25, 0.3) is 0 Å². The third-order valence-electron chi connectivity index (χ3n) is 4.89. The Hall–Kier alpha value is -1.82. The molecular formula is C22H28. The lowest BCUT2D eigenvalue weighted by molar-refractivity contribution is 0.419. The van der Waals surface area contributed by atoms with Crippen LogP contribution in [0, 0.1) is 5.41 Å². The van der Waals surface area contributed by atoms with Crippen molar-refractivity contribution in [3.05, 3.63) is 84.5 Å². The summed E-state index contributed by atoms with van der Waals surface area (Å²) in [5.41, 5.74) is 5.07. The molecule has 2 rings (SSSR count). The molecule has 1 fully saturated rings. The molecule has 0 nitrogen and oxygen atoms in total. The Balaban J connectivity index is 2.10. The van der Waals surface area contributed by atoms with Crippen LogP contribution in [0.3, 0.4) is 0 Å². The van der Waals surface area contributed by atoms with Gasteiger partial charge in [-0.1, -0.05) is 82.5 Å². The monoisotopic (exact) mass is 292 g/mol. The molecule has 0 atom stereocenters. The van der Waals surface area contributed by atoms with Crippen LogP contribution in [0.1, 0.15) is 50.2 Å². The standard InChI is InChI=1S/C22H28/c1-6-9-19(7-2)17(3)22(4,5)16-18-12-14-21(15-13-18)20-10-8-11-20/h6-7,9,12-15,20H,1-3,8,10-11,16H2,4-5H3/b19-9+. The number of hydrogen-bond acceptors (Lipinski definition) is 0. The normalized spacial score (nSPS) is 16.0. The van der Waals surface area contributed by atoms with Gasteiger partial charge < -0.3 is 0 Å². The van der Waals surface area contributed by atoms with Crippen LogP contribution in [0.25, 0.3) is 0 Å². The van der Waals surface area contributed by atoms with E-state index in [2.05, 4.69) is 57.8 Å².